The van der Waals surface area contributed by atoms with Crippen LogP contribution in [0.5, 0.6) is 0 Å². The minimum atomic E-state index is 0.00729. The van der Waals surface area contributed by atoms with E-state index in [9.17, 15) is 4.79 Å². The summed E-state index contributed by atoms with van der Waals surface area (Å²) in [4.78, 5) is 25.4. The van der Waals surface area contributed by atoms with Gasteiger partial charge in [-0.25, -0.2) is 14.6 Å². The smallest absolute Gasteiger partial charge is 0.274 e. The van der Waals surface area contributed by atoms with Crippen molar-refractivity contribution in [3.8, 4) is 0 Å². The first-order valence-corrected chi connectivity index (χ1v) is 7.84. The Morgan fingerprint density at radius 2 is 1.96 bits per heavy atom. The van der Waals surface area contributed by atoms with Crippen LogP contribution < -0.4 is 4.90 Å². The quantitative estimate of drug-likeness (QED) is 0.828. The predicted molar refractivity (Wildman–Crippen MR) is 85.3 cm³/mol. The first-order chi connectivity index (χ1) is 11.1. The molecule has 3 heterocycles. The molecule has 0 aliphatic carbocycles. The van der Waals surface area contributed by atoms with E-state index in [1.54, 1.807) is 10.9 Å². The third kappa shape index (κ3) is 3.01. The molecule has 1 amide bonds. The molecule has 0 unspecified atom stereocenters. The number of aromatic nitrogens is 5. The fourth-order valence-corrected chi connectivity index (χ4v) is 2.79. The van der Waals surface area contributed by atoms with Crippen molar-refractivity contribution < 1.29 is 4.79 Å². The highest BCUT2D eigenvalue weighted by atomic mass is 16.2. The van der Waals surface area contributed by atoms with E-state index in [-0.39, 0.29) is 5.91 Å². The van der Waals surface area contributed by atoms with Gasteiger partial charge in [-0.1, -0.05) is 5.21 Å². The van der Waals surface area contributed by atoms with Crippen molar-refractivity contribution in [3.63, 3.8) is 0 Å². The second-order valence-electron chi connectivity index (χ2n) is 5.58. The fourth-order valence-electron chi connectivity index (χ4n) is 2.79. The Hall–Kier alpha value is -2.51. The molecule has 2 aromatic heterocycles. The molecule has 1 aliphatic rings. The Kier molecular flexibility index (Phi) is 4.22. The van der Waals surface area contributed by atoms with Crippen LogP contribution >= 0.6 is 0 Å². The molecule has 1 saturated heterocycles. The van der Waals surface area contributed by atoms with Crippen LogP contribution in [-0.2, 0) is 6.54 Å². The molecule has 8 heteroatoms. The van der Waals surface area contributed by atoms with Crippen LogP contribution in [0.4, 0.5) is 5.82 Å². The van der Waals surface area contributed by atoms with E-state index in [1.165, 1.54) is 0 Å². The maximum Gasteiger partial charge on any atom is 0.274 e. The standard InChI is InChI=1S/C15H21N7O/c1-4-22-14(11(2)18-19-22)15(23)21-9-7-20(8-10-21)13-5-6-16-12(3)17-13/h5-6H,4,7-10H2,1-3H3. The van der Waals surface area contributed by atoms with Crippen LogP contribution in [0.1, 0.15) is 28.9 Å². The summed E-state index contributed by atoms with van der Waals surface area (Å²) in [6.45, 7) is 9.15. The highest BCUT2D eigenvalue weighted by molar-refractivity contribution is 5.93. The molecule has 1 aliphatic heterocycles. The summed E-state index contributed by atoms with van der Waals surface area (Å²) in [6.07, 6.45) is 1.77. The normalized spacial score (nSPS) is 15.1. The van der Waals surface area contributed by atoms with Crippen LogP contribution in [0.15, 0.2) is 12.3 Å². The van der Waals surface area contributed by atoms with E-state index in [0.717, 1.165) is 24.7 Å². The number of nitrogens with zero attached hydrogens (tertiary/aromatic N) is 7. The van der Waals surface area contributed by atoms with Gasteiger partial charge in [-0.05, 0) is 26.8 Å². The maximum absolute atomic E-state index is 12.7. The van der Waals surface area contributed by atoms with Gasteiger partial charge in [-0.15, -0.1) is 5.10 Å². The zero-order valence-electron chi connectivity index (χ0n) is 13.7. The number of carbonyl (C=O) groups excluding carboxylic acids is 1. The largest absolute Gasteiger partial charge is 0.353 e. The zero-order valence-corrected chi connectivity index (χ0v) is 13.7. The Labute approximate surface area is 135 Å². The molecule has 8 nitrogen and oxygen atoms in total. The number of carbonyl (C=O) groups is 1. The summed E-state index contributed by atoms with van der Waals surface area (Å²) in [5.41, 5.74) is 1.28. The third-order valence-corrected chi connectivity index (χ3v) is 4.06. The van der Waals surface area contributed by atoms with Crippen molar-refractivity contribution in [2.24, 2.45) is 0 Å². The van der Waals surface area contributed by atoms with Crippen LogP contribution in [-0.4, -0.2) is 61.9 Å². The van der Waals surface area contributed by atoms with E-state index >= 15 is 0 Å². The molecule has 2 aromatic rings. The van der Waals surface area contributed by atoms with Gasteiger partial charge in [-0.3, -0.25) is 4.79 Å². The Balaban J connectivity index is 1.69. The van der Waals surface area contributed by atoms with Gasteiger partial charge >= 0.3 is 0 Å². The molecule has 0 aromatic carbocycles. The Morgan fingerprint density at radius 1 is 1.22 bits per heavy atom. The van der Waals surface area contributed by atoms with Crippen molar-refractivity contribution in [1.82, 2.24) is 29.9 Å². The van der Waals surface area contributed by atoms with Crippen molar-refractivity contribution in [2.45, 2.75) is 27.3 Å². The van der Waals surface area contributed by atoms with E-state index in [2.05, 4.69) is 25.2 Å². The molecular formula is C15H21N7O. The summed E-state index contributed by atoms with van der Waals surface area (Å²) in [6, 6.07) is 1.91. The summed E-state index contributed by atoms with van der Waals surface area (Å²) in [5, 5.41) is 8.03. The summed E-state index contributed by atoms with van der Waals surface area (Å²) in [7, 11) is 0. The lowest BCUT2D eigenvalue weighted by molar-refractivity contribution is 0.0733. The predicted octanol–water partition coefficient (Wildman–Crippen LogP) is 0.667. The van der Waals surface area contributed by atoms with Crippen LogP contribution in [0.2, 0.25) is 0 Å². The highest BCUT2D eigenvalue weighted by Gasteiger charge is 2.27. The number of hydrogen-bond acceptors (Lipinski definition) is 6. The lowest BCUT2D eigenvalue weighted by atomic mass is 10.2. The lowest BCUT2D eigenvalue weighted by Gasteiger charge is -2.35. The minimum Gasteiger partial charge on any atom is -0.353 e. The molecule has 0 spiro atoms. The average molecular weight is 315 g/mol. The fraction of sp³-hybridized carbons (Fsp3) is 0.533. The Morgan fingerprint density at radius 3 is 2.61 bits per heavy atom. The lowest BCUT2D eigenvalue weighted by Crippen LogP contribution is -2.49. The number of aryl methyl sites for hydroxylation is 3. The molecule has 0 atom stereocenters. The zero-order chi connectivity index (χ0) is 16.4. The van der Waals surface area contributed by atoms with Crippen molar-refractivity contribution >= 4 is 11.7 Å². The van der Waals surface area contributed by atoms with E-state index in [4.69, 9.17) is 0 Å². The number of anilines is 1. The average Bonchev–Trinajstić information content (AvgIpc) is 2.95. The van der Waals surface area contributed by atoms with E-state index in [0.29, 0.717) is 31.0 Å². The molecule has 0 saturated carbocycles. The molecule has 23 heavy (non-hydrogen) atoms. The number of amides is 1. The molecule has 0 radical (unpaired) electrons. The van der Waals surface area contributed by atoms with Crippen molar-refractivity contribution in [3.05, 3.63) is 29.5 Å². The summed E-state index contributed by atoms with van der Waals surface area (Å²) in [5.74, 6) is 1.68. The second-order valence-corrected chi connectivity index (χ2v) is 5.58. The topological polar surface area (TPSA) is 80.0 Å². The van der Waals surface area contributed by atoms with Crippen molar-refractivity contribution in [2.75, 3.05) is 31.1 Å². The van der Waals surface area contributed by atoms with Gasteiger partial charge in [0, 0.05) is 38.9 Å². The van der Waals surface area contributed by atoms with E-state index < -0.39 is 0 Å². The highest BCUT2D eigenvalue weighted by Crippen LogP contribution is 2.15. The third-order valence-electron chi connectivity index (χ3n) is 4.06. The van der Waals surface area contributed by atoms with Gasteiger partial charge < -0.3 is 9.80 Å². The van der Waals surface area contributed by atoms with Gasteiger partial charge in [0.15, 0.2) is 0 Å². The van der Waals surface area contributed by atoms with Gasteiger partial charge in [0.2, 0.25) is 0 Å². The molecule has 0 bridgehead atoms. The van der Waals surface area contributed by atoms with Gasteiger partial charge in [0.1, 0.15) is 17.3 Å². The number of piperazine rings is 1. The van der Waals surface area contributed by atoms with Crippen LogP contribution in [0.25, 0.3) is 0 Å². The van der Waals surface area contributed by atoms with Gasteiger partial charge in [-0.2, -0.15) is 0 Å². The summed E-state index contributed by atoms with van der Waals surface area (Å²) < 4.78 is 1.66. The van der Waals surface area contributed by atoms with Crippen LogP contribution in [0.3, 0.4) is 0 Å². The van der Waals surface area contributed by atoms with Crippen molar-refractivity contribution in [1.29, 1.82) is 0 Å². The first kappa shape index (κ1) is 15.4. The SMILES string of the molecule is CCn1nnc(C)c1C(=O)N1CCN(c2ccnc(C)n2)CC1. The van der Waals surface area contributed by atoms with Gasteiger partial charge in [0.25, 0.3) is 5.91 Å². The second kappa shape index (κ2) is 6.31. The minimum absolute atomic E-state index is 0.00729. The Bertz CT molecular complexity index is 704. The number of hydrogen-bond donors (Lipinski definition) is 0. The number of rotatable bonds is 3. The van der Waals surface area contributed by atoms with Crippen LogP contribution in [0, 0.1) is 13.8 Å². The van der Waals surface area contributed by atoms with E-state index in [1.807, 2.05) is 31.7 Å². The molecule has 1 fully saturated rings. The maximum atomic E-state index is 12.7. The molecule has 122 valence electrons. The molecule has 3 rings (SSSR count). The summed E-state index contributed by atoms with van der Waals surface area (Å²) >= 11 is 0. The monoisotopic (exact) mass is 315 g/mol. The first-order valence-electron chi connectivity index (χ1n) is 7.84. The van der Waals surface area contributed by atoms with Gasteiger partial charge in [0.05, 0.1) is 5.69 Å². The molecule has 0 N–H and O–H groups in total. The molecular weight excluding hydrogens is 294 g/mol.